The number of carbonyl (C=O) groups excluding carboxylic acids is 1. The van der Waals surface area contributed by atoms with Gasteiger partial charge < -0.3 is 9.30 Å². The van der Waals surface area contributed by atoms with Gasteiger partial charge in [-0.25, -0.2) is 0 Å². The van der Waals surface area contributed by atoms with Crippen LogP contribution in [0.2, 0.25) is 0 Å². The van der Waals surface area contributed by atoms with Crippen LogP contribution < -0.4 is 0 Å². The van der Waals surface area contributed by atoms with E-state index in [9.17, 15) is 4.79 Å². The normalized spacial score (nSPS) is 17.9. The molecule has 0 atom stereocenters. The molecule has 0 amide bonds. The van der Waals surface area contributed by atoms with Crippen molar-refractivity contribution < 1.29 is 9.53 Å². The molecule has 0 spiro atoms. The average molecular weight is 208 g/mol. The molecule has 4 heteroatoms. The van der Waals surface area contributed by atoms with Crippen LogP contribution in [0.4, 0.5) is 0 Å². The van der Waals surface area contributed by atoms with E-state index in [-0.39, 0.29) is 0 Å². The number of rotatable bonds is 4. The van der Waals surface area contributed by atoms with Gasteiger partial charge in [-0.15, -0.1) is 0 Å². The number of ether oxygens (including phenoxy) is 1. The Kier molecular flexibility index (Phi) is 3.53. The summed E-state index contributed by atoms with van der Waals surface area (Å²) in [5.74, 6) is 0. The van der Waals surface area contributed by atoms with Gasteiger partial charge in [-0.3, -0.25) is 9.69 Å². The minimum absolute atomic E-state index is 0.747. The minimum Gasteiger partial charge on any atom is -0.379 e. The van der Waals surface area contributed by atoms with Crippen molar-refractivity contribution in [1.82, 2.24) is 9.47 Å². The highest BCUT2D eigenvalue weighted by Crippen LogP contribution is 2.00. The highest BCUT2D eigenvalue weighted by atomic mass is 16.5. The standard InChI is InChI=1S/C11H16N2O2/c14-10-11-1-2-13(9-11)4-3-12-5-7-15-8-6-12/h1-2,9-10H,3-8H2. The van der Waals surface area contributed by atoms with E-state index in [4.69, 9.17) is 4.74 Å². The Hall–Kier alpha value is -1.13. The molecule has 1 aliphatic rings. The molecule has 15 heavy (non-hydrogen) atoms. The van der Waals surface area contributed by atoms with Crippen molar-refractivity contribution in [3.05, 3.63) is 24.0 Å². The van der Waals surface area contributed by atoms with Crippen LogP contribution in [0.5, 0.6) is 0 Å². The summed E-state index contributed by atoms with van der Waals surface area (Å²) in [4.78, 5) is 12.9. The van der Waals surface area contributed by atoms with Gasteiger partial charge in [-0.2, -0.15) is 0 Å². The summed E-state index contributed by atoms with van der Waals surface area (Å²) >= 11 is 0. The number of aromatic nitrogens is 1. The molecule has 0 bridgehead atoms. The van der Waals surface area contributed by atoms with Crippen LogP contribution in [0.3, 0.4) is 0 Å². The fourth-order valence-corrected chi connectivity index (χ4v) is 1.75. The molecule has 1 aliphatic heterocycles. The lowest BCUT2D eigenvalue weighted by atomic mass is 10.4. The lowest BCUT2D eigenvalue weighted by Crippen LogP contribution is -2.38. The molecule has 2 heterocycles. The molecule has 0 radical (unpaired) electrons. The summed E-state index contributed by atoms with van der Waals surface area (Å²) in [5, 5.41) is 0. The van der Waals surface area contributed by atoms with Crippen LogP contribution in [0.1, 0.15) is 10.4 Å². The van der Waals surface area contributed by atoms with Gasteiger partial charge in [0.25, 0.3) is 0 Å². The molecule has 82 valence electrons. The SMILES string of the molecule is O=Cc1ccn(CCN2CCOCC2)c1. The average Bonchev–Trinajstić information content (AvgIpc) is 2.76. The summed E-state index contributed by atoms with van der Waals surface area (Å²) in [5.41, 5.74) is 0.747. The Morgan fingerprint density at radius 1 is 1.33 bits per heavy atom. The lowest BCUT2D eigenvalue weighted by Gasteiger charge is -2.26. The van der Waals surface area contributed by atoms with Crippen molar-refractivity contribution >= 4 is 6.29 Å². The Morgan fingerprint density at radius 3 is 2.80 bits per heavy atom. The van der Waals surface area contributed by atoms with Crippen molar-refractivity contribution in [3.63, 3.8) is 0 Å². The maximum absolute atomic E-state index is 10.5. The maximum atomic E-state index is 10.5. The van der Waals surface area contributed by atoms with Gasteiger partial charge in [0, 0.05) is 44.1 Å². The van der Waals surface area contributed by atoms with Crippen molar-refractivity contribution in [3.8, 4) is 0 Å². The molecule has 0 aliphatic carbocycles. The van der Waals surface area contributed by atoms with E-state index >= 15 is 0 Å². The first-order valence-corrected chi connectivity index (χ1v) is 5.29. The third kappa shape index (κ3) is 2.91. The zero-order valence-electron chi connectivity index (χ0n) is 8.76. The van der Waals surface area contributed by atoms with Crippen LogP contribution in [0.25, 0.3) is 0 Å². The number of hydrogen-bond donors (Lipinski definition) is 0. The number of carbonyl (C=O) groups is 1. The largest absolute Gasteiger partial charge is 0.379 e. The van der Waals surface area contributed by atoms with E-state index in [2.05, 4.69) is 9.47 Å². The van der Waals surface area contributed by atoms with E-state index in [0.717, 1.165) is 51.2 Å². The summed E-state index contributed by atoms with van der Waals surface area (Å²) in [6.45, 7) is 5.67. The van der Waals surface area contributed by atoms with Gasteiger partial charge in [-0.05, 0) is 6.07 Å². The van der Waals surface area contributed by atoms with Crippen molar-refractivity contribution in [2.75, 3.05) is 32.8 Å². The molecule has 0 unspecified atom stereocenters. The second-order valence-electron chi connectivity index (χ2n) is 3.75. The summed E-state index contributed by atoms with van der Waals surface area (Å²) in [6.07, 6.45) is 4.71. The topological polar surface area (TPSA) is 34.5 Å². The first kappa shape index (κ1) is 10.4. The maximum Gasteiger partial charge on any atom is 0.151 e. The van der Waals surface area contributed by atoms with Crippen molar-refractivity contribution in [2.24, 2.45) is 0 Å². The summed E-state index contributed by atoms with van der Waals surface area (Å²) in [6, 6.07) is 1.84. The first-order chi connectivity index (χ1) is 7.38. The van der Waals surface area contributed by atoms with E-state index < -0.39 is 0 Å². The van der Waals surface area contributed by atoms with Crippen LogP contribution in [-0.4, -0.2) is 48.6 Å². The molecular formula is C11H16N2O2. The van der Waals surface area contributed by atoms with Gasteiger partial charge in [-0.1, -0.05) is 0 Å². The quantitative estimate of drug-likeness (QED) is 0.681. The Labute approximate surface area is 89.4 Å². The minimum atomic E-state index is 0.747. The van der Waals surface area contributed by atoms with Crippen LogP contribution >= 0.6 is 0 Å². The smallest absolute Gasteiger partial charge is 0.151 e. The molecule has 1 fully saturated rings. The summed E-state index contributed by atoms with van der Waals surface area (Å²) in [7, 11) is 0. The molecule has 4 nitrogen and oxygen atoms in total. The predicted octanol–water partition coefficient (Wildman–Crippen LogP) is 0.633. The Morgan fingerprint density at radius 2 is 2.13 bits per heavy atom. The molecular weight excluding hydrogens is 192 g/mol. The molecule has 2 rings (SSSR count). The van der Waals surface area contributed by atoms with Gasteiger partial charge in [0.1, 0.15) is 0 Å². The lowest BCUT2D eigenvalue weighted by molar-refractivity contribution is 0.0364. The fraction of sp³-hybridized carbons (Fsp3) is 0.545. The second-order valence-corrected chi connectivity index (χ2v) is 3.75. The van der Waals surface area contributed by atoms with Gasteiger partial charge in [0.2, 0.25) is 0 Å². The second kappa shape index (κ2) is 5.09. The molecule has 0 aromatic carbocycles. The van der Waals surface area contributed by atoms with Crippen LogP contribution in [0, 0.1) is 0 Å². The highest BCUT2D eigenvalue weighted by molar-refractivity contribution is 5.74. The molecule has 1 saturated heterocycles. The number of hydrogen-bond acceptors (Lipinski definition) is 3. The third-order valence-corrected chi connectivity index (χ3v) is 2.69. The van der Waals surface area contributed by atoms with E-state index in [0.29, 0.717) is 0 Å². The van der Waals surface area contributed by atoms with E-state index in [1.165, 1.54) is 0 Å². The zero-order chi connectivity index (χ0) is 10.5. The third-order valence-electron chi connectivity index (χ3n) is 2.69. The van der Waals surface area contributed by atoms with Crippen molar-refractivity contribution in [2.45, 2.75) is 6.54 Å². The van der Waals surface area contributed by atoms with Crippen LogP contribution in [0.15, 0.2) is 18.5 Å². The summed E-state index contributed by atoms with van der Waals surface area (Å²) < 4.78 is 7.33. The Balaban J connectivity index is 1.79. The molecule has 0 N–H and O–H groups in total. The highest BCUT2D eigenvalue weighted by Gasteiger charge is 2.09. The zero-order valence-corrected chi connectivity index (χ0v) is 8.76. The van der Waals surface area contributed by atoms with Gasteiger partial charge in [0.15, 0.2) is 6.29 Å². The van der Waals surface area contributed by atoms with E-state index in [1.54, 1.807) is 0 Å². The van der Waals surface area contributed by atoms with E-state index in [1.807, 2.05) is 18.5 Å². The molecule has 1 aromatic heterocycles. The number of nitrogens with zero attached hydrogens (tertiary/aromatic N) is 2. The van der Waals surface area contributed by atoms with Gasteiger partial charge >= 0.3 is 0 Å². The monoisotopic (exact) mass is 208 g/mol. The first-order valence-electron chi connectivity index (χ1n) is 5.29. The number of aldehydes is 1. The Bertz CT molecular complexity index is 316. The molecule has 0 saturated carbocycles. The molecule has 1 aromatic rings. The predicted molar refractivity (Wildman–Crippen MR) is 57.1 cm³/mol. The van der Waals surface area contributed by atoms with Gasteiger partial charge in [0.05, 0.1) is 13.2 Å². The fourth-order valence-electron chi connectivity index (χ4n) is 1.75. The van der Waals surface area contributed by atoms with Crippen molar-refractivity contribution in [1.29, 1.82) is 0 Å². The van der Waals surface area contributed by atoms with Crippen LogP contribution in [-0.2, 0) is 11.3 Å². The number of morpholine rings is 1.